The fraction of sp³-hybridized carbons (Fsp3) is 0.355. The van der Waals surface area contributed by atoms with Crippen LogP contribution in [0, 0.1) is 0 Å². The van der Waals surface area contributed by atoms with Gasteiger partial charge in [0.2, 0.25) is 5.95 Å². The van der Waals surface area contributed by atoms with E-state index in [1.165, 1.54) is 39.0 Å². The van der Waals surface area contributed by atoms with Crippen LogP contribution in [0.2, 0.25) is 0 Å². The zero-order chi connectivity index (χ0) is 27.1. The maximum atomic E-state index is 6.44. The van der Waals surface area contributed by atoms with Crippen LogP contribution in [-0.4, -0.2) is 73.6 Å². The average molecular weight is 534 g/mol. The van der Waals surface area contributed by atoms with Crippen molar-refractivity contribution >= 4 is 39.4 Å². The fourth-order valence-electron chi connectivity index (χ4n) is 6.39. The summed E-state index contributed by atoms with van der Waals surface area (Å²) in [5.41, 5.74) is 11.4. The van der Waals surface area contributed by atoms with Crippen molar-refractivity contribution in [3.05, 3.63) is 67.3 Å². The molecule has 204 valence electrons. The number of anilines is 3. The number of nitrogen functional groups attached to an aromatic ring is 1. The van der Waals surface area contributed by atoms with Gasteiger partial charge in [0, 0.05) is 67.3 Å². The minimum absolute atomic E-state index is 0.417. The van der Waals surface area contributed by atoms with Crippen molar-refractivity contribution in [2.24, 2.45) is 0 Å². The normalized spacial score (nSPS) is 20.7. The molecule has 0 amide bonds. The largest absolute Gasteiger partial charge is 0.383 e. The van der Waals surface area contributed by atoms with Gasteiger partial charge in [-0.15, -0.1) is 0 Å². The summed E-state index contributed by atoms with van der Waals surface area (Å²) in [5.74, 6) is 1.10. The van der Waals surface area contributed by atoms with E-state index >= 15 is 0 Å². The Hall–Kier alpha value is -4.08. The van der Waals surface area contributed by atoms with Gasteiger partial charge in [0.15, 0.2) is 0 Å². The molecular weight excluding hydrogens is 498 g/mol. The van der Waals surface area contributed by atoms with E-state index < -0.39 is 0 Å². The number of nitrogens with zero attached hydrogens (tertiary/aromatic N) is 7. The van der Waals surface area contributed by atoms with E-state index in [0.717, 1.165) is 51.6 Å². The van der Waals surface area contributed by atoms with E-state index in [2.05, 4.69) is 72.1 Å². The molecule has 9 nitrogen and oxygen atoms in total. The molecule has 3 N–H and O–H groups in total. The van der Waals surface area contributed by atoms with Gasteiger partial charge in [-0.2, -0.15) is 0 Å². The minimum Gasteiger partial charge on any atom is -0.383 e. The molecule has 0 radical (unpaired) electrons. The maximum absolute atomic E-state index is 6.44. The summed E-state index contributed by atoms with van der Waals surface area (Å²) in [6.07, 6.45) is 10.4. The number of fused-ring (bicyclic) bond motifs is 2. The molecule has 1 saturated heterocycles. The van der Waals surface area contributed by atoms with E-state index in [1.807, 2.05) is 30.5 Å². The molecule has 2 fully saturated rings. The number of hydrogen-bond donors (Lipinski definition) is 2. The number of para-hydroxylation sites is 1. The van der Waals surface area contributed by atoms with Gasteiger partial charge in [-0.1, -0.05) is 30.3 Å². The van der Waals surface area contributed by atoms with Gasteiger partial charge in [0.05, 0.1) is 10.9 Å². The number of nitrogens with two attached hydrogens (primary N) is 1. The van der Waals surface area contributed by atoms with Gasteiger partial charge in [-0.25, -0.2) is 19.9 Å². The molecule has 1 aliphatic carbocycles. The number of likely N-dealkylation sites (N-methyl/N-ethyl adjacent to an activating group) is 1. The van der Waals surface area contributed by atoms with Gasteiger partial charge < -0.3 is 20.5 Å². The number of nitrogens with one attached hydrogen (secondary N) is 1. The quantitative estimate of drug-likeness (QED) is 0.322. The summed E-state index contributed by atoms with van der Waals surface area (Å²) in [6.45, 7) is 4.71. The Kier molecular flexibility index (Phi) is 6.53. The van der Waals surface area contributed by atoms with Gasteiger partial charge >= 0.3 is 0 Å². The van der Waals surface area contributed by atoms with Crippen molar-refractivity contribution in [3.8, 4) is 11.1 Å². The highest BCUT2D eigenvalue weighted by molar-refractivity contribution is 6.00. The van der Waals surface area contributed by atoms with Crippen LogP contribution in [-0.2, 0) is 0 Å². The highest BCUT2D eigenvalue weighted by Gasteiger charge is 2.30. The first kappa shape index (κ1) is 24.9. The number of benzene rings is 2. The second kappa shape index (κ2) is 10.5. The SMILES string of the molecule is CN1CCN([C@H]2CC[C@H](n3cc(-c4ccc(Nc5ncc6ccccc6n5)cc4)c4c(N)ncnc43)CC2)CC1. The summed E-state index contributed by atoms with van der Waals surface area (Å²) < 4.78 is 2.36. The zero-order valence-electron chi connectivity index (χ0n) is 22.9. The first-order chi connectivity index (χ1) is 19.6. The van der Waals surface area contributed by atoms with Gasteiger partial charge in [-0.3, -0.25) is 4.90 Å². The van der Waals surface area contributed by atoms with Crippen molar-refractivity contribution in [3.63, 3.8) is 0 Å². The molecular formula is C31H35N9. The molecule has 7 rings (SSSR count). The van der Waals surface area contributed by atoms with Gasteiger partial charge in [0.25, 0.3) is 0 Å². The number of hydrogen-bond acceptors (Lipinski definition) is 8. The molecule has 2 aromatic carbocycles. The topological polar surface area (TPSA) is 101 Å². The molecule has 3 aromatic heterocycles. The van der Waals surface area contributed by atoms with Crippen LogP contribution in [0.25, 0.3) is 33.1 Å². The molecule has 9 heteroatoms. The van der Waals surface area contributed by atoms with Crippen LogP contribution in [0.4, 0.5) is 17.5 Å². The standard InChI is InChI=1S/C31H35N9/c1-38-14-16-39(17-15-38)24-10-12-25(13-11-24)40-19-26(28-29(32)34-20-35-30(28)40)21-6-8-23(9-7-21)36-31-33-18-22-4-2-3-5-27(22)37-31/h2-9,18-20,24-25H,10-17H2,1H3,(H2,32,34,35)(H,33,36,37)/t24-,25-. The lowest BCUT2D eigenvalue weighted by atomic mass is 9.89. The third kappa shape index (κ3) is 4.76. The maximum Gasteiger partial charge on any atom is 0.227 e. The molecule has 0 unspecified atom stereocenters. The van der Waals surface area contributed by atoms with Crippen molar-refractivity contribution in [1.29, 1.82) is 0 Å². The highest BCUT2D eigenvalue weighted by Crippen LogP contribution is 2.39. The highest BCUT2D eigenvalue weighted by atomic mass is 15.3. The Labute approximate surface area is 234 Å². The molecule has 5 aromatic rings. The Morgan fingerprint density at radius 2 is 1.60 bits per heavy atom. The first-order valence-corrected chi connectivity index (χ1v) is 14.3. The van der Waals surface area contributed by atoms with Crippen LogP contribution in [0.3, 0.4) is 0 Å². The van der Waals surface area contributed by atoms with Crippen LogP contribution in [0.15, 0.2) is 67.3 Å². The fourth-order valence-corrected chi connectivity index (χ4v) is 6.39. The Balaban J connectivity index is 1.12. The summed E-state index contributed by atoms with van der Waals surface area (Å²) in [6, 6.07) is 17.4. The van der Waals surface area contributed by atoms with E-state index in [1.54, 1.807) is 6.33 Å². The van der Waals surface area contributed by atoms with Crippen LogP contribution in [0.1, 0.15) is 31.7 Å². The van der Waals surface area contributed by atoms with Gasteiger partial charge in [0.1, 0.15) is 17.8 Å². The third-order valence-electron chi connectivity index (χ3n) is 8.69. The number of rotatable bonds is 5. The zero-order valence-corrected chi connectivity index (χ0v) is 22.9. The van der Waals surface area contributed by atoms with E-state index in [4.69, 9.17) is 10.7 Å². The molecule has 0 bridgehead atoms. The summed E-state index contributed by atoms with van der Waals surface area (Å²) in [5, 5.41) is 5.28. The number of piperazine rings is 1. The third-order valence-corrected chi connectivity index (χ3v) is 8.69. The van der Waals surface area contributed by atoms with Crippen LogP contribution >= 0.6 is 0 Å². The van der Waals surface area contributed by atoms with E-state index in [9.17, 15) is 0 Å². The predicted octanol–water partition coefficient (Wildman–Crippen LogP) is 5.10. The average Bonchev–Trinajstić information content (AvgIpc) is 3.39. The Morgan fingerprint density at radius 3 is 2.40 bits per heavy atom. The summed E-state index contributed by atoms with van der Waals surface area (Å²) in [7, 11) is 2.22. The molecule has 1 aliphatic heterocycles. The monoisotopic (exact) mass is 533 g/mol. The lowest BCUT2D eigenvalue weighted by molar-refractivity contribution is 0.0828. The van der Waals surface area contributed by atoms with E-state index in [0.29, 0.717) is 23.8 Å². The molecule has 0 spiro atoms. The van der Waals surface area contributed by atoms with Crippen molar-refractivity contribution < 1.29 is 0 Å². The molecule has 4 heterocycles. The summed E-state index contributed by atoms with van der Waals surface area (Å²) >= 11 is 0. The van der Waals surface area contributed by atoms with Crippen molar-refractivity contribution in [2.45, 2.75) is 37.8 Å². The van der Waals surface area contributed by atoms with Crippen LogP contribution in [0.5, 0.6) is 0 Å². The molecule has 1 saturated carbocycles. The molecule has 40 heavy (non-hydrogen) atoms. The lowest BCUT2D eigenvalue weighted by Crippen LogP contribution is -2.49. The van der Waals surface area contributed by atoms with Gasteiger partial charge in [-0.05, 0) is 56.5 Å². The lowest BCUT2D eigenvalue weighted by Gasteiger charge is -2.41. The van der Waals surface area contributed by atoms with Crippen molar-refractivity contribution in [1.82, 2.24) is 34.3 Å². The minimum atomic E-state index is 0.417. The second-order valence-corrected chi connectivity index (χ2v) is 11.2. The summed E-state index contributed by atoms with van der Waals surface area (Å²) in [4.78, 5) is 23.3. The van der Waals surface area contributed by atoms with E-state index in [-0.39, 0.29) is 0 Å². The molecule has 0 atom stereocenters. The van der Waals surface area contributed by atoms with Crippen molar-refractivity contribution in [2.75, 3.05) is 44.3 Å². The van der Waals surface area contributed by atoms with Crippen LogP contribution < -0.4 is 11.1 Å². The Bertz CT molecular complexity index is 1630. The first-order valence-electron chi connectivity index (χ1n) is 14.3. The Morgan fingerprint density at radius 1 is 0.850 bits per heavy atom. The molecule has 2 aliphatic rings. The number of aromatic nitrogens is 5. The second-order valence-electron chi connectivity index (χ2n) is 11.2. The predicted molar refractivity (Wildman–Crippen MR) is 161 cm³/mol. The smallest absolute Gasteiger partial charge is 0.227 e.